The Morgan fingerprint density at radius 2 is 2.31 bits per heavy atom. The lowest BCUT2D eigenvalue weighted by Crippen LogP contribution is -2.48. The van der Waals surface area contributed by atoms with Crippen molar-refractivity contribution in [3.63, 3.8) is 0 Å². The highest BCUT2D eigenvalue weighted by atomic mass is 16.5. The molecule has 2 unspecified atom stereocenters. The second-order valence-corrected chi connectivity index (χ2v) is 4.22. The number of likely N-dealkylation sites (N-methyl/N-ethyl adjacent to an activating group) is 1. The van der Waals surface area contributed by atoms with E-state index in [1.807, 2.05) is 0 Å². The third kappa shape index (κ3) is 3.17. The first kappa shape index (κ1) is 13.4. The molecule has 0 bridgehead atoms. The van der Waals surface area contributed by atoms with E-state index < -0.39 is 11.5 Å². The minimum atomic E-state index is -0.786. The molecular formula is C11H21NO4. The molecule has 16 heavy (non-hydrogen) atoms. The van der Waals surface area contributed by atoms with Crippen molar-refractivity contribution in [1.82, 2.24) is 5.32 Å². The number of ether oxygens (including phenoxy) is 2. The zero-order valence-electron chi connectivity index (χ0n) is 9.99. The Kier molecular flexibility index (Phi) is 5.18. The first-order valence-corrected chi connectivity index (χ1v) is 5.67. The molecule has 1 rings (SSSR count). The lowest BCUT2D eigenvalue weighted by Gasteiger charge is -2.23. The van der Waals surface area contributed by atoms with E-state index in [4.69, 9.17) is 14.6 Å². The van der Waals surface area contributed by atoms with Crippen LogP contribution in [0.2, 0.25) is 0 Å². The molecule has 0 spiro atoms. The van der Waals surface area contributed by atoms with Crippen LogP contribution in [0.1, 0.15) is 25.7 Å². The molecular weight excluding hydrogens is 210 g/mol. The number of hydrogen-bond acceptors (Lipinski definition) is 4. The Bertz CT molecular complexity index is 234. The quantitative estimate of drug-likeness (QED) is 0.629. The normalized spacial score (nSPS) is 29.5. The summed E-state index contributed by atoms with van der Waals surface area (Å²) >= 11 is 0. The molecule has 5 heteroatoms. The van der Waals surface area contributed by atoms with Gasteiger partial charge in [-0.25, -0.2) is 0 Å². The summed E-state index contributed by atoms with van der Waals surface area (Å²) in [6, 6.07) is 0. The van der Waals surface area contributed by atoms with Crippen molar-refractivity contribution in [3.8, 4) is 0 Å². The topological polar surface area (TPSA) is 67.8 Å². The molecule has 1 aliphatic rings. The van der Waals surface area contributed by atoms with Gasteiger partial charge < -0.3 is 19.9 Å². The fraction of sp³-hybridized carbons (Fsp3) is 0.909. The van der Waals surface area contributed by atoms with Crippen LogP contribution in [0, 0.1) is 0 Å². The number of carboxylic acid groups (broad SMARTS) is 1. The Balaban J connectivity index is 2.31. The average Bonchev–Trinajstić information content (AvgIpc) is 2.69. The molecule has 2 atom stereocenters. The van der Waals surface area contributed by atoms with Crippen molar-refractivity contribution in [2.75, 3.05) is 27.4 Å². The highest BCUT2D eigenvalue weighted by Crippen LogP contribution is 2.31. The molecule has 0 aliphatic heterocycles. The van der Waals surface area contributed by atoms with Gasteiger partial charge in [0.25, 0.3) is 0 Å². The number of rotatable bonds is 7. The van der Waals surface area contributed by atoms with Crippen molar-refractivity contribution in [1.29, 1.82) is 0 Å². The van der Waals surface area contributed by atoms with Crippen LogP contribution in [0.15, 0.2) is 0 Å². The molecule has 0 radical (unpaired) electrons. The van der Waals surface area contributed by atoms with Crippen LogP contribution >= 0.6 is 0 Å². The Morgan fingerprint density at radius 1 is 1.56 bits per heavy atom. The lowest BCUT2D eigenvalue weighted by atomic mass is 9.98. The van der Waals surface area contributed by atoms with Gasteiger partial charge in [0.1, 0.15) is 5.54 Å². The minimum Gasteiger partial charge on any atom is -0.480 e. The summed E-state index contributed by atoms with van der Waals surface area (Å²) in [7, 11) is 3.35. The maximum Gasteiger partial charge on any atom is 0.323 e. The summed E-state index contributed by atoms with van der Waals surface area (Å²) in [5.41, 5.74) is -0.786. The predicted molar refractivity (Wildman–Crippen MR) is 59.5 cm³/mol. The first-order chi connectivity index (χ1) is 7.64. The van der Waals surface area contributed by atoms with Crippen molar-refractivity contribution in [3.05, 3.63) is 0 Å². The summed E-state index contributed by atoms with van der Waals surface area (Å²) in [6.45, 7) is 1.32. The van der Waals surface area contributed by atoms with Crippen LogP contribution in [0.4, 0.5) is 0 Å². The molecule has 0 aromatic heterocycles. The Labute approximate surface area is 96.1 Å². The standard InChI is InChI=1S/C11H21NO4/c1-12-11(10(13)14)5-4-9(8-11)16-7-3-6-15-2/h9,12H,3-8H2,1-2H3,(H,13,14). The van der Waals surface area contributed by atoms with E-state index in [9.17, 15) is 4.79 Å². The van der Waals surface area contributed by atoms with Gasteiger partial charge in [0.2, 0.25) is 0 Å². The van der Waals surface area contributed by atoms with Crippen LogP contribution in [0.5, 0.6) is 0 Å². The largest absolute Gasteiger partial charge is 0.480 e. The molecule has 0 amide bonds. The molecule has 0 saturated heterocycles. The zero-order chi connectivity index (χ0) is 12.0. The van der Waals surface area contributed by atoms with E-state index in [2.05, 4.69) is 5.32 Å². The number of nitrogens with one attached hydrogen (secondary N) is 1. The van der Waals surface area contributed by atoms with Crippen molar-refractivity contribution in [2.45, 2.75) is 37.3 Å². The van der Waals surface area contributed by atoms with Crippen LogP contribution in [-0.2, 0) is 14.3 Å². The van der Waals surface area contributed by atoms with Gasteiger partial charge in [-0.3, -0.25) is 4.79 Å². The Hall–Kier alpha value is -0.650. The average molecular weight is 231 g/mol. The van der Waals surface area contributed by atoms with Crippen LogP contribution < -0.4 is 5.32 Å². The summed E-state index contributed by atoms with van der Waals surface area (Å²) in [5.74, 6) is -0.780. The number of carboxylic acids is 1. The van der Waals surface area contributed by atoms with Crippen LogP contribution in [-0.4, -0.2) is 50.1 Å². The second kappa shape index (κ2) is 6.18. The van der Waals surface area contributed by atoms with Gasteiger partial charge in [-0.1, -0.05) is 0 Å². The monoisotopic (exact) mass is 231 g/mol. The smallest absolute Gasteiger partial charge is 0.323 e. The van der Waals surface area contributed by atoms with Gasteiger partial charge in [-0.05, 0) is 26.3 Å². The fourth-order valence-electron chi connectivity index (χ4n) is 2.12. The first-order valence-electron chi connectivity index (χ1n) is 5.67. The third-order valence-electron chi connectivity index (χ3n) is 3.20. The van der Waals surface area contributed by atoms with E-state index in [0.717, 1.165) is 12.8 Å². The van der Waals surface area contributed by atoms with Crippen molar-refractivity contribution < 1.29 is 19.4 Å². The maximum atomic E-state index is 11.1. The molecule has 0 aromatic rings. The van der Waals surface area contributed by atoms with Gasteiger partial charge in [-0.2, -0.15) is 0 Å². The van der Waals surface area contributed by atoms with E-state index in [0.29, 0.717) is 26.1 Å². The van der Waals surface area contributed by atoms with E-state index in [1.165, 1.54) is 0 Å². The maximum absolute atomic E-state index is 11.1. The van der Waals surface area contributed by atoms with E-state index in [1.54, 1.807) is 14.2 Å². The van der Waals surface area contributed by atoms with Gasteiger partial charge >= 0.3 is 5.97 Å². The lowest BCUT2D eigenvalue weighted by molar-refractivity contribution is -0.144. The SMILES string of the molecule is CNC1(C(=O)O)CCC(OCCCOC)C1. The Morgan fingerprint density at radius 3 is 2.81 bits per heavy atom. The second-order valence-electron chi connectivity index (χ2n) is 4.22. The minimum absolute atomic E-state index is 0.0559. The molecule has 94 valence electrons. The van der Waals surface area contributed by atoms with Gasteiger partial charge in [0, 0.05) is 26.7 Å². The summed E-state index contributed by atoms with van der Waals surface area (Å²) in [4.78, 5) is 11.1. The summed E-state index contributed by atoms with van der Waals surface area (Å²) in [6.07, 6.45) is 2.90. The van der Waals surface area contributed by atoms with Crippen LogP contribution in [0.25, 0.3) is 0 Å². The molecule has 0 heterocycles. The molecule has 1 saturated carbocycles. The number of methoxy groups -OCH3 is 1. The molecule has 0 aromatic carbocycles. The molecule has 5 nitrogen and oxygen atoms in total. The summed E-state index contributed by atoms with van der Waals surface area (Å²) < 4.78 is 10.5. The fourth-order valence-corrected chi connectivity index (χ4v) is 2.12. The number of aliphatic carboxylic acids is 1. The van der Waals surface area contributed by atoms with Crippen molar-refractivity contribution in [2.24, 2.45) is 0 Å². The van der Waals surface area contributed by atoms with Crippen molar-refractivity contribution >= 4 is 5.97 Å². The zero-order valence-corrected chi connectivity index (χ0v) is 9.99. The predicted octanol–water partition coefficient (Wildman–Crippen LogP) is 0.635. The highest BCUT2D eigenvalue weighted by Gasteiger charge is 2.44. The van der Waals surface area contributed by atoms with Gasteiger partial charge in [0.15, 0.2) is 0 Å². The highest BCUT2D eigenvalue weighted by molar-refractivity contribution is 5.79. The molecule has 1 fully saturated rings. The number of carbonyl (C=O) groups is 1. The van der Waals surface area contributed by atoms with Gasteiger partial charge in [0.05, 0.1) is 6.10 Å². The summed E-state index contributed by atoms with van der Waals surface area (Å²) in [5, 5.41) is 12.1. The van der Waals surface area contributed by atoms with E-state index in [-0.39, 0.29) is 6.10 Å². The third-order valence-corrected chi connectivity index (χ3v) is 3.20. The van der Waals surface area contributed by atoms with Crippen LogP contribution in [0.3, 0.4) is 0 Å². The van der Waals surface area contributed by atoms with E-state index >= 15 is 0 Å². The number of hydrogen-bond donors (Lipinski definition) is 2. The van der Waals surface area contributed by atoms with Gasteiger partial charge in [-0.15, -0.1) is 0 Å². The molecule has 1 aliphatic carbocycles. The molecule has 2 N–H and O–H groups in total.